The van der Waals surface area contributed by atoms with Crippen molar-refractivity contribution in [1.82, 2.24) is 9.97 Å². The fraction of sp³-hybridized carbons (Fsp3) is 0.0667. The Morgan fingerprint density at radius 2 is 1.75 bits per heavy atom. The summed E-state index contributed by atoms with van der Waals surface area (Å²) in [6.07, 6.45) is 0. The van der Waals surface area contributed by atoms with Crippen LogP contribution in [0.15, 0.2) is 36.4 Å². The summed E-state index contributed by atoms with van der Waals surface area (Å²) >= 11 is 0. The van der Waals surface area contributed by atoms with Crippen molar-refractivity contribution in [2.45, 2.75) is 0 Å². The van der Waals surface area contributed by atoms with Gasteiger partial charge in [-0.15, -0.1) is 0 Å². The zero-order chi connectivity index (χ0) is 14.1. The third kappa shape index (κ3) is 1.75. The lowest BCUT2D eigenvalue weighted by atomic mass is 10.1. The highest BCUT2D eigenvalue weighted by atomic mass is 16.5. The van der Waals surface area contributed by atoms with Crippen LogP contribution in [-0.2, 0) is 9.53 Å². The molecule has 2 N–H and O–H groups in total. The van der Waals surface area contributed by atoms with Gasteiger partial charge < -0.3 is 14.7 Å². The first-order valence-electron chi connectivity index (χ1n) is 6.03. The molecule has 98 valence electrons. The molecule has 0 aliphatic rings. The van der Waals surface area contributed by atoms with E-state index in [0.717, 1.165) is 21.8 Å². The molecule has 0 bridgehead atoms. The second-order valence-electron chi connectivity index (χ2n) is 4.31. The second-order valence-corrected chi connectivity index (χ2v) is 4.31. The van der Waals surface area contributed by atoms with E-state index in [2.05, 4.69) is 14.7 Å². The number of nitriles is 1. The summed E-state index contributed by atoms with van der Waals surface area (Å²) in [6.45, 7) is 0. The molecule has 0 saturated carbocycles. The third-order valence-corrected chi connectivity index (χ3v) is 3.18. The number of esters is 1. The molecule has 5 nitrogen and oxygen atoms in total. The normalized spacial score (nSPS) is 10.4. The van der Waals surface area contributed by atoms with Gasteiger partial charge in [0.15, 0.2) is 5.57 Å². The van der Waals surface area contributed by atoms with E-state index in [0.29, 0.717) is 5.48 Å². The number of H-pyrrole nitrogens is 2. The number of nitrogens with one attached hydrogen (secondary N) is 2. The molecule has 0 aliphatic carbocycles. The number of ether oxygens (including phenoxy) is 1. The van der Waals surface area contributed by atoms with Crippen LogP contribution in [0.1, 0.15) is 0 Å². The van der Waals surface area contributed by atoms with Crippen LogP contribution in [0.5, 0.6) is 0 Å². The van der Waals surface area contributed by atoms with E-state index in [1.54, 1.807) is 0 Å². The van der Waals surface area contributed by atoms with Crippen molar-refractivity contribution in [3.63, 3.8) is 0 Å². The van der Waals surface area contributed by atoms with Crippen molar-refractivity contribution in [3.8, 4) is 6.07 Å². The highest BCUT2D eigenvalue weighted by Crippen LogP contribution is 2.22. The summed E-state index contributed by atoms with van der Waals surface area (Å²) in [6, 6.07) is 13.5. The van der Waals surface area contributed by atoms with Gasteiger partial charge in [0.1, 0.15) is 11.5 Å². The Morgan fingerprint density at radius 1 is 1.15 bits per heavy atom. The molecular formula is C15H11N3O2. The van der Waals surface area contributed by atoms with Crippen LogP contribution in [-0.4, -0.2) is 23.0 Å². The van der Waals surface area contributed by atoms with Crippen molar-refractivity contribution in [1.29, 1.82) is 5.26 Å². The number of benzene rings is 2. The summed E-state index contributed by atoms with van der Waals surface area (Å²) in [5, 5.41) is 11.2. The first kappa shape index (κ1) is 12.1. The van der Waals surface area contributed by atoms with Gasteiger partial charge in [0.05, 0.1) is 7.11 Å². The van der Waals surface area contributed by atoms with Gasteiger partial charge in [-0.2, -0.15) is 5.26 Å². The molecule has 3 aromatic rings. The standard InChI is InChI=1S/C15H11N3O2/c1-20-15(19)10(8-16)14-17-11-6-2-4-9-5-3-7-12(18-14)13(9)11/h2-7,17-18H,1H3. The average Bonchev–Trinajstić information content (AvgIpc) is 2.48. The number of rotatable bonds is 1. The largest absolute Gasteiger partial charge is 0.465 e. The lowest BCUT2D eigenvalue weighted by molar-refractivity contribution is -0.133. The number of hydrogen-bond acceptors (Lipinski definition) is 3. The van der Waals surface area contributed by atoms with E-state index in [-0.39, 0.29) is 5.57 Å². The molecule has 0 unspecified atom stereocenters. The minimum absolute atomic E-state index is 0.0843. The lowest BCUT2D eigenvalue weighted by Crippen LogP contribution is -2.21. The Kier molecular flexibility index (Phi) is 2.77. The first-order chi connectivity index (χ1) is 9.74. The van der Waals surface area contributed by atoms with E-state index < -0.39 is 5.97 Å². The Hall–Kier alpha value is -3.00. The molecule has 1 aromatic heterocycles. The number of aromatic amines is 2. The van der Waals surface area contributed by atoms with Crippen LogP contribution in [0, 0.1) is 11.3 Å². The van der Waals surface area contributed by atoms with E-state index in [9.17, 15) is 4.79 Å². The first-order valence-corrected chi connectivity index (χ1v) is 6.03. The highest BCUT2D eigenvalue weighted by molar-refractivity contribution is 6.15. The number of methoxy groups -OCH3 is 1. The van der Waals surface area contributed by atoms with Crippen molar-refractivity contribution in [2.75, 3.05) is 7.11 Å². The molecule has 0 atom stereocenters. The fourth-order valence-corrected chi connectivity index (χ4v) is 2.28. The Balaban J connectivity index is 2.49. The van der Waals surface area contributed by atoms with Gasteiger partial charge in [-0.3, -0.25) is 0 Å². The molecule has 0 fully saturated rings. The maximum Gasteiger partial charge on any atom is 0.352 e. The van der Waals surface area contributed by atoms with Crippen molar-refractivity contribution >= 4 is 33.3 Å². The smallest absolute Gasteiger partial charge is 0.352 e. The zero-order valence-electron chi connectivity index (χ0n) is 10.7. The van der Waals surface area contributed by atoms with Crippen LogP contribution < -0.4 is 5.48 Å². The summed E-state index contributed by atoms with van der Waals surface area (Å²) in [7, 11) is 1.25. The van der Waals surface area contributed by atoms with Gasteiger partial charge in [0, 0.05) is 16.4 Å². The summed E-state index contributed by atoms with van der Waals surface area (Å²) in [5.74, 6) is -0.672. The highest BCUT2D eigenvalue weighted by Gasteiger charge is 2.12. The number of hydrogen-bond donors (Lipinski definition) is 2. The van der Waals surface area contributed by atoms with Gasteiger partial charge in [-0.1, -0.05) is 24.3 Å². The Labute approximate surface area is 114 Å². The predicted octanol–water partition coefficient (Wildman–Crippen LogP) is 1.78. The van der Waals surface area contributed by atoms with E-state index in [1.165, 1.54) is 7.11 Å². The average molecular weight is 265 g/mol. The second kappa shape index (κ2) is 4.59. The van der Waals surface area contributed by atoms with E-state index in [4.69, 9.17) is 5.26 Å². The molecule has 0 amide bonds. The number of carbonyl (C=O) groups is 1. The van der Waals surface area contributed by atoms with Crippen molar-refractivity contribution in [3.05, 3.63) is 41.9 Å². The Morgan fingerprint density at radius 3 is 2.25 bits per heavy atom. The van der Waals surface area contributed by atoms with Gasteiger partial charge in [0.25, 0.3) is 0 Å². The molecule has 5 heteroatoms. The summed E-state index contributed by atoms with van der Waals surface area (Å²) < 4.78 is 4.62. The molecule has 1 heterocycles. The third-order valence-electron chi connectivity index (χ3n) is 3.18. The van der Waals surface area contributed by atoms with Gasteiger partial charge >= 0.3 is 5.97 Å². The molecule has 20 heavy (non-hydrogen) atoms. The molecule has 0 radical (unpaired) electrons. The molecule has 0 spiro atoms. The van der Waals surface area contributed by atoms with Gasteiger partial charge in [-0.05, 0) is 17.5 Å². The number of carbonyl (C=O) groups excluding carboxylic acids is 1. The SMILES string of the molecule is COC(=O)C(C#N)=c1[nH]c2cccc3cccc([nH]1)c32. The molecule has 2 aromatic carbocycles. The van der Waals surface area contributed by atoms with Crippen LogP contribution in [0.3, 0.4) is 0 Å². The minimum atomic E-state index is -0.672. The van der Waals surface area contributed by atoms with Crippen LogP contribution in [0.2, 0.25) is 0 Å². The molecule has 3 rings (SSSR count). The maximum absolute atomic E-state index is 11.6. The quantitative estimate of drug-likeness (QED) is 0.658. The van der Waals surface area contributed by atoms with Crippen molar-refractivity contribution < 1.29 is 9.53 Å². The summed E-state index contributed by atoms with van der Waals surface area (Å²) in [5.41, 5.74) is 1.96. The lowest BCUT2D eigenvalue weighted by Gasteiger charge is -2.06. The fourth-order valence-electron chi connectivity index (χ4n) is 2.28. The minimum Gasteiger partial charge on any atom is -0.465 e. The summed E-state index contributed by atoms with van der Waals surface area (Å²) in [4.78, 5) is 17.8. The van der Waals surface area contributed by atoms with Gasteiger partial charge in [-0.25, -0.2) is 4.79 Å². The number of aromatic nitrogens is 2. The van der Waals surface area contributed by atoms with Crippen LogP contribution in [0.4, 0.5) is 0 Å². The number of nitrogens with zero attached hydrogens (tertiary/aromatic N) is 1. The molecule has 0 aliphatic heterocycles. The monoisotopic (exact) mass is 265 g/mol. The predicted molar refractivity (Wildman–Crippen MR) is 75.2 cm³/mol. The van der Waals surface area contributed by atoms with Crippen molar-refractivity contribution in [2.24, 2.45) is 0 Å². The van der Waals surface area contributed by atoms with Crippen LogP contribution >= 0.6 is 0 Å². The van der Waals surface area contributed by atoms with E-state index >= 15 is 0 Å². The van der Waals surface area contributed by atoms with Gasteiger partial charge in [0.2, 0.25) is 0 Å². The topological polar surface area (TPSA) is 81.7 Å². The zero-order valence-corrected chi connectivity index (χ0v) is 10.7. The molecular weight excluding hydrogens is 254 g/mol. The maximum atomic E-state index is 11.6. The molecule has 0 saturated heterocycles. The Bertz CT molecular complexity index is 874. The van der Waals surface area contributed by atoms with E-state index in [1.807, 2.05) is 42.5 Å². The van der Waals surface area contributed by atoms with Crippen LogP contribution in [0.25, 0.3) is 27.4 Å².